The topological polar surface area (TPSA) is 123 Å². The molecule has 0 saturated heterocycles. The van der Waals surface area contributed by atoms with E-state index in [4.69, 9.17) is 19.9 Å². The van der Waals surface area contributed by atoms with E-state index in [1.54, 1.807) is 26.2 Å². The molecule has 0 fully saturated rings. The number of benzene rings is 1. The van der Waals surface area contributed by atoms with E-state index in [1.165, 1.54) is 0 Å². The Bertz CT molecular complexity index is 893. The summed E-state index contributed by atoms with van der Waals surface area (Å²) in [6.07, 6.45) is -0.00913. The second-order valence-corrected chi connectivity index (χ2v) is 5.60. The minimum absolute atomic E-state index is 0.00463. The van der Waals surface area contributed by atoms with Gasteiger partial charge in [0.15, 0.2) is 0 Å². The first-order valence-corrected chi connectivity index (χ1v) is 8.03. The Morgan fingerprint density at radius 2 is 2.15 bits per heavy atom. The van der Waals surface area contributed by atoms with E-state index in [2.05, 4.69) is 16.3 Å². The number of nitrogens with two attached hydrogens (primary N) is 1. The van der Waals surface area contributed by atoms with Crippen molar-refractivity contribution in [2.45, 2.75) is 19.3 Å². The number of ether oxygens (including phenoxy) is 3. The lowest BCUT2D eigenvalue weighted by atomic mass is 9.83. The Kier molecular flexibility index (Phi) is 4.80. The van der Waals surface area contributed by atoms with Crippen molar-refractivity contribution in [2.24, 2.45) is 5.73 Å². The highest BCUT2D eigenvalue weighted by atomic mass is 16.5. The predicted molar refractivity (Wildman–Crippen MR) is 91.2 cm³/mol. The van der Waals surface area contributed by atoms with Crippen molar-refractivity contribution in [2.75, 3.05) is 13.7 Å². The fourth-order valence-electron chi connectivity index (χ4n) is 2.93. The summed E-state index contributed by atoms with van der Waals surface area (Å²) in [5, 5.41) is 16.5. The number of esters is 1. The van der Waals surface area contributed by atoms with Crippen LogP contribution in [0.4, 0.5) is 0 Å². The molecule has 3 N–H and O–H groups in total. The monoisotopic (exact) mass is 354 g/mol. The van der Waals surface area contributed by atoms with Crippen molar-refractivity contribution in [3.05, 3.63) is 52.5 Å². The second-order valence-electron chi connectivity index (χ2n) is 5.60. The van der Waals surface area contributed by atoms with Crippen LogP contribution >= 0.6 is 0 Å². The molecule has 0 radical (unpaired) electrons. The molecule has 8 heteroatoms. The van der Waals surface area contributed by atoms with Gasteiger partial charge in [0, 0.05) is 0 Å². The molecule has 26 heavy (non-hydrogen) atoms. The number of rotatable bonds is 5. The number of carbonyl (C=O) groups is 1. The molecule has 0 aliphatic carbocycles. The van der Waals surface area contributed by atoms with Crippen LogP contribution in [0.2, 0.25) is 0 Å². The first-order valence-electron chi connectivity index (χ1n) is 8.03. The Hall–Kier alpha value is -3.47. The highest BCUT2D eigenvalue weighted by Crippen LogP contribution is 2.43. The van der Waals surface area contributed by atoms with Gasteiger partial charge >= 0.3 is 5.97 Å². The number of fused-ring (bicyclic) bond motifs is 1. The molecule has 3 rings (SSSR count). The number of allylic oxidation sites excluding steroid dienone is 1. The number of methoxy groups -OCH3 is 1. The SMILES string of the molecule is CCOC(=O)Cc1[nH]nc2c1[C@@H](c1ccc(OC)cc1)C(C#N)=C(N)O2. The first-order chi connectivity index (χ1) is 12.6. The highest BCUT2D eigenvalue weighted by Gasteiger charge is 2.35. The number of hydrogen-bond acceptors (Lipinski definition) is 7. The summed E-state index contributed by atoms with van der Waals surface area (Å²) >= 11 is 0. The molecule has 1 aliphatic heterocycles. The van der Waals surface area contributed by atoms with Crippen LogP contribution in [-0.4, -0.2) is 29.9 Å². The molecule has 2 aromatic rings. The Morgan fingerprint density at radius 1 is 1.42 bits per heavy atom. The summed E-state index contributed by atoms with van der Waals surface area (Å²) < 4.78 is 15.7. The molecule has 0 saturated carbocycles. The molecule has 0 bridgehead atoms. The summed E-state index contributed by atoms with van der Waals surface area (Å²) in [4.78, 5) is 11.9. The van der Waals surface area contributed by atoms with E-state index in [9.17, 15) is 10.1 Å². The smallest absolute Gasteiger partial charge is 0.311 e. The van der Waals surface area contributed by atoms with Gasteiger partial charge in [0.1, 0.15) is 17.4 Å². The van der Waals surface area contributed by atoms with Crippen LogP contribution in [0.15, 0.2) is 35.7 Å². The Balaban J connectivity index is 2.08. The molecule has 2 heterocycles. The second kappa shape index (κ2) is 7.19. The van der Waals surface area contributed by atoms with Crippen LogP contribution in [0.25, 0.3) is 0 Å². The number of nitrogens with zero attached hydrogens (tertiary/aromatic N) is 2. The third-order valence-corrected chi connectivity index (χ3v) is 4.09. The number of H-pyrrole nitrogens is 1. The zero-order valence-corrected chi connectivity index (χ0v) is 14.4. The van der Waals surface area contributed by atoms with Crippen molar-refractivity contribution < 1.29 is 19.0 Å². The van der Waals surface area contributed by atoms with Crippen molar-refractivity contribution in [3.8, 4) is 17.7 Å². The predicted octanol–water partition coefficient (Wildman–Crippen LogP) is 1.74. The van der Waals surface area contributed by atoms with E-state index in [0.717, 1.165) is 5.56 Å². The molecule has 0 amide bonds. The maximum atomic E-state index is 11.9. The number of aromatic nitrogens is 2. The first kappa shape index (κ1) is 17.4. The van der Waals surface area contributed by atoms with Gasteiger partial charge in [0.25, 0.3) is 0 Å². The molecule has 134 valence electrons. The third-order valence-electron chi connectivity index (χ3n) is 4.09. The van der Waals surface area contributed by atoms with Crippen LogP contribution < -0.4 is 15.2 Å². The zero-order valence-electron chi connectivity index (χ0n) is 14.4. The van der Waals surface area contributed by atoms with E-state index >= 15 is 0 Å². The number of carbonyl (C=O) groups excluding carboxylic acids is 1. The molecule has 0 unspecified atom stereocenters. The van der Waals surface area contributed by atoms with E-state index < -0.39 is 11.9 Å². The lowest BCUT2D eigenvalue weighted by Crippen LogP contribution is -2.22. The fraction of sp³-hybridized carbons (Fsp3) is 0.278. The summed E-state index contributed by atoms with van der Waals surface area (Å²) in [6, 6.07) is 9.37. The summed E-state index contributed by atoms with van der Waals surface area (Å²) in [5.41, 5.74) is 8.11. The molecule has 1 aromatic heterocycles. The Labute approximate surface area is 150 Å². The zero-order chi connectivity index (χ0) is 18.7. The van der Waals surface area contributed by atoms with E-state index in [0.29, 0.717) is 17.0 Å². The Morgan fingerprint density at radius 3 is 2.77 bits per heavy atom. The summed E-state index contributed by atoms with van der Waals surface area (Å²) in [5.74, 6) is 0.0401. The van der Waals surface area contributed by atoms with Crippen LogP contribution in [0.5, 0.6) is 11.6 Å². The molecular weight excluding hydrogens is 336 g/mol. The molecular formula is C18H18N4O4. The maximum absolute atomic E-state index is 11.9. The lowest BCUT2D eigenvalue weighted by molar-refractivity contribution is -0.142. The number of nitriles is 1. The largest absolute Gasteiger partial charge is 0.497 e. The van der Waals surface area contributed by atoms with Gasteiger partial charge in [0.2, 0.25) is 11.8 Å². The quantitative estimate of drug-likeness (QED) is 0.784. The average molecular weight is 354 g/mol. The lowest BCUT2D eigenvalue weighted by Gasteiger charge is -2.24. The minimum atomic E-state index is -0.502. The van der Waals surface area contributed by atoms with Crippen LogP contribution in [0.1, 0.15) is 29.7 Å². The molecule has 1 atom stereocenters. The van der Waals surface area contributed by atoms with Crippen LogP contribution in [0.3, 0.4) is 0 Å². The molecule has 0 spiro atoms. The highest BCUT2D eigenvalue weighted by molar-refractivity contribution is 5.73. The summed E-state index contributed by atoms with van der Waals surface area (Å²) in [7, 11) is 1.58. The molecule has 8 nitrogen and oxygen atoms in total. The van der Waals surface area contributed by atoms with Crippen LogP contribution in [-0.2, 0) is 16.0 Å². The van der Waals surface area contributed by atoms with Gasteiger partial charge in [-0.3, -0.25) is 9.89 Å². The number of aromatic amines is 1. The van der Waals surface area contributed by atoms with Gasteiger partial charge < -0.3 is 19.9 Å². The van der Waals surface area contributed by atoms with Crippen molar-refractivity contribution >= 4 is 5.97 Å². The maximum Gasteiger partial charge on any atom is 0.311 e. The third kappa shape index (κ3) is 3.07. The van der Waals surface area contributed by atoms with Gasteiger partial charge in [-0.25, -0.2) is 0 Å². The summed E-state index contributed by atoms with van der Waals surface area (Å²) in [6.45, 7) is 2.02. The molecule has 1 aliphatic rings. The van der Waals surface area contributed by atoms with Crippen molar-refractivity contribution in [3.63, 3.8) is 0 Å². The number of nitrogens with one attached hydrogen (secondary N) is 1. The number of hydrogen-bond donors (Lipinski definition) is 2. The van der Waals surface area contributed by atoms with Gasteiger partial charge in [-0.05, 0) is 24.6 Å². The van der Waals surface area contributed by atoms with Gasteiger partial charge in [-0.1, -0.05) is 12.1 Å². The average Bonchev–Trinajstić information content (AvgIpc) is 3.03. The van der Waals surface area contributed by atoms with Gasteiger partial charge in [-0.15, -0.1) is 5.10 Å². The minimum Gasteiger partial charge on any atom is -0.497 e. The standard InChI is InChI=1S/C18H18N4O4/c1-3-25-14(23)8-13-16-15(10-4-6-11(24-2)7-5-10)12(9-19)17(20)26-18(16)22-21-13/h4-7,15H,3,8,20H2,1-2H3,(H,21,22)/t15-/m0/s1. The van der Waals surface area contributed by atoms with Crippen molar-refractivity contribution in [1.82, 2.24) is 10.2 Å². The van der Waals surface area contributed by atoms with E-state index in [-0.39, 0.29) is 30.4 Å². The van der Waals surface area contributed by atoms with E-state index in [1.807, 2.05) is 12.1 Å². The van der Waals surface area contributed by atoms with Gasteiger partial charge in [0.05, 0.1) is 37.3 Å². The van der Waals surface area contributed by atoms with Gasteiger partial charge in [-0.2, -0.15) is 5.26 Å². The van der Waals surface area contributed by atoms with Crippen LogP contribution in [0, 0.1) is 11.3 Å². The van der Waals surface area contributed by atoms with Crippen molar-refractivity contribution in [1.29, 1.82) is 5.26 Å². The molecule has 1 aromatic carbocycles. The fourth-order valence-corrected chi connectivity index (χ4v) is 2.93. The normalized spacial score (nSPS) is 15.7.